The average molecular weight is 329 g/mol. The Morgan fingerprint density at radius 1 is 1.21 bits per heavy atom. The predicted octanol–water partition coefficient (Wildman–Crippen LogP) is 1.98. The molecule has 2 atom stereocenters. The van der Waals surface area contributed by atoms with Crippen LogP contribution in [0.3, 0.4) is 0 Å². The minimum absolute atomic E-state index is 0.184. The highest BCUT2D eigenvalue weighted by Crippen LogP contribution is 2.18. The van der Waals surface area contributed by atoms with Gasteiger partial charge in [0, 0.05) is 18.4 Å². The van der Waals surface area contributed by atoms with Gasteiger partial charge in [0.05, 0.1) is 23.6 Å². The van der Waals surface area contributed by atoms with Gasteiger partial charge in [-0.25, -0.2) is 4.98 Å². The number of halogens is 1. The summed E-state index contributed by atoms with van der Waals surface area (Å²) in [5, 5.41) is 9.42. The number of aryl methyl sites for hydroxylation is 2. The van der Waals surface area contributed by atoms with Gasteiger partial charge in [0.15, 0.2) is 0 Å². The summed E-state index contributed by atoms with van der Waals surface area (Å²) in [4.78, 5) is 6.84. The molecule has 1 aliphatic heterocycles. The zero-order chi connectivity index (χ0) is 13.8. The molecule has 2 unspecified atom stereocenters. The lowest BCUT2D eigenvalue weighted by Gasteiger charge is -2.36. The molecule has 0 radical (unpaired) electrons. The predicted molar refractivity (Wildman–Crippen MR) is 78.9 cm³/mol. The van der Waals surface area contributed by atoms with Gasteiger partial charge in [-0.1, -0.05) is 29.8 Å². The van der Waals surface area contributed by atoms with E-state index in [1.54, 1.807) is 0 Å². The average Bonchev–Trinajstić information content (AvgIpc) is 2.45. The van der Waals surface area contributed by atoms with Crippen LogP contribution in [0.5, 0.6) is 0 Å². The number of rotatable bonds is 4. The van der Waals surface area contributed by atoms with Crippen molar-refractivity contribution >= 4 is 21.9 Å². The summed E-state index contributed by atoms with van der Waals surface area (Å²) >= 11 is 3.48. The molecule has 0 saturated carbocycles. The molecule has 1 aromatic rings. The minimum Gasteiger partial charge on any atom is -0.371 e. The SMILES string of the molecule is CCc1nnc(N2CC(C)OC(CBr)C2)nc1CC. The van der Waals surface area contributed by atoms with Crippen molar-refractivity contribution in [3.63, 3.8) is 0 Å². The van der Waals surface area contributed by atoms with E-state index < -0.39 is 0 Å². The Hall–Kier alpha value is -0.750. The largest absolute Gasteiger partial charge is 0.371 e. The first-order chi connectivity index (χ1) is 9.17. The van der Waals surface area contributed by atoms with E-state index in [1.165, 1.54) is 0 Å². The Balaban J connectivity index is 2.21. The molecule has 1 saturated heterocycles. The molecule has 2 heterocycles. The third-order valence-corrected chi connectivity index (χ3v) is 4.00. The van der Waals surface area contributed by atoms with Gasteiger partial charge >= 0.3 is 0 Å². The topological polar surface area (TPSA) is 51.1 Å². The molecule has 0 spiro atoms. The molecule has 0 aromatic carbocycles. The normalized spacial score (nSPS) is 23.7. The fraction of sp³-hybridized carbons (Fsp3) is 0.769. The second-order valence-corrected chi connectivity index (χ2v) is 5.49. The highest BCUT2D eigenvalue weighted by molar-refractivity contribution is 9.09. The molecule has 0 bridgehead atoms. The number of anilines is 1. The summed E-state index contributed by atoms with van der Waals surface area (Å²) in [5.74, 6) is 0.732. The number of hydrogen-bond donors (Lipinski definition) is 0. The fourth-order valence-electron chi connectivity index (χ4n) is 2.36. The van der Waals surface area contributed by atoms with Crippen molar-refractivity contribution < 1.29 is 4.74 Å². The third kappa shape index (κ3) is 3.42. The second kappa shape index (κ2) is 6.61. The van der Waals surface area contributed by atoms with Gasteiger partial charge in [-0.05, 0) is 19.8 Å². The molecule has 1 fully saturated rings. The number of hydrogen-bond acceptors (Lipinski definition) is 5. The van der Waals surface area contributed by atoms with Gasteiger partial charge in [-0.3, -0.25) is 0 Å². The van der Waals surface area contributed by atoms with Crippen molar-refractivity contribution in [2.75, 3.05) is 23.3 Å². The Labute approximate surface area is 122 Å². The van der Waals surface area contributed by atoms with E-state index in [0.29, 0.717) is 0 Å². The van der Waals surface area contributed by atoms with Crippen LogP contribution in [0, 0.1) is 0 Å². The molecular formula is C13H21BrN4O. The first-order valence-corrected chi connectivity index (χ1v) is 7.98. The van der Waals surface area contributed by atoms with Crippen molar-refractivity contribution in [1.82, 2.24) is 15.2 Å². The molecular weight excluding hydrogens is 308 g/mol. The van der Waals surface area contributed by atoms with Crippen LogP contribution in [0.4, 0.5) is 5.95 Å². The molecule has 6 heteroatoms. The van der Waals surface area contributed by atoms with E-state index in [-0.39, 0.29) is 12.2 Å². The van der Waals surface area contributed by atoms with E-state index >= 15 is 0 Å². The van der Waals surface area contributed by atoms with E-state index in [9.17, 15) is 0 Å². The zero-order valence-electron chi connectivity index (χ0n) is 11.8. The minimum atomic E-state index is 0.184. The van der Waals surface area contributed by atoms with Gasteiger partial charge in [0.25, 0.3) is 0 Å². The van der Waals surface area contributed by atoms with E-state index in [2.05, 4.69) is 56.8 Å². The molecule has 0 N–H and O–H groups in total. The fourth-order valence-corrected chi connectivity index (χ4v) is 2.71. The summed E-state index contributed by atoms with van der Waals surface area (Å²) in [6.45, 7) is 7.90. The van der Waals surface area contributed by atoms with Crippen LogP contribution in [0.2, 0.25) is 0 Å². The van der Waals surface area contributed by atoms with E-state index in [0.717, 1.165) is 48.6 Å². The summed E-state index contributed by atoms with van der Waals surface area (Å²) < 4.78 is 5.82. The summed E-state index contributed by atoms with van der Waals surface area (Å²) in [6.07, 6.45) is 2.15. The maximum absolute atomic E-state index is 5.82. The highest BCUT2D eigenvalue weighted by atomic mass is 79.9. The van der Waals surface area contributed by atoms with Crippen LogP contribution in [0.25, 0.3) is 0 Å². The molecule has 0 aliphatic carbocycles. The summed E-state index contributed by atoms with van der Waals surface area (Å²) in [7, 11) is 0. The highest BCUT2D eigenvalue weighted by Gasteiger charge is 2.26. The quantitative estimate of drug-likeness (QED) is 0.791. The van der Waals surface area contributed by atoms with Crippen molar-refractivity contribution in [1.29, 1.82) is 0 Å². The van der Waals surface area contributed by atoms with Crippen LogP contribution >= 0.6 is 15.9 Å². The van der Waals surface area contributed by atoms with Crippen molar-refractivity contribution in [2.45, 2.75) is 45.8 Å². The van der Waals surface area contributed by atoms with Crippen molar-refractivity contribution in [3.8, 4) is 0 Å². The zero-order valence-corrected chi connectivity index (χ0v) is 13.4. The lowest BCUT2D eigenvalue weighted by atomic mass is 10.2. The Kier molecular flexibility index (Phi) is 5.10. The molecule has 0 amide bonds. The lowest BCUT2D eigenvalue weighted by Crippen LogP contribution is -2.48. The summed E-state index contributed by atoms with van der Waals surface area (Å²) in [6, 6.07) is 0. The monoisotopic (exact) mass is 328 g/mol. The van der Waals surface area contributed by atoms with Crippen LogP contribution in [0.15, 0.2) is 0 Å². The maximum atomic E-state index is 5.82. The van der Waals surface area contributed by atoms with Crippen LogP contribution in [-0.4, -0.2) is 45.8 Å². The van der Waals surface area contributed by atoms with Crippen molar-refractivity contribution in [3.05, 3.63) is 11.4 Å². The molecule has 1 aromatic heterocycles. The van der Waals surface area contributed by atoms with Gasteiger partial charge in [0.1, 0.15) is 0 Å². The van der Waals surface area contributed by atoms with E-state index in [4.69, 9.17) is 4.74 Å². The van der Waals surface area contributed by atoms with Gasteiger partial charge < -0.3 is 9.64 Å². The third-order valence-electron chi connectivity index (χ3n) is 3.28. The first-order valence-electron chi connectivity index (χ1n) is 6.86. The molecule has 19 heavy (non-hydrogen) atoms. The second-order valence-electron chi connectivity index (χ2n) is 4.84. The Morgan fingerprint density at radius 2 is 1.95 bits per heavy atom. The number of aromatic nitrogens is 3. The number of ether oxygens (including phenoxy) is 1. The Morgan fingerprint density at radius 3 is 2.58 bits per heavy atom. The van der Waals surface area contributed by atoms with Gasteiger partial charge in [0.2, 0.25) is 5.95 Å². The standard InChI is InChI=1S/C13H21BrN4O/c1-4-11-12(5-2)16-17-13(15-11)18-7-9(3)19-10(6-14)8-18/h9-10H,4-8H2,1-3H3. The van der Waals surface area contributed by atoms with E-state index in [1.807, 2.05) is 0 Å². The number of morpholine rings is 1. The number of alkyl halides is 1. The molecule has 1 aliphatic rings. The Bertz CT molecular complexity index is 429. The smallest absolute Gasteiger partial charge is 0.245 e. The van der Waals surface area contributed by atoms with Gasteiger partial charge in [-0.15, -0.1) is 5.10 Å². The lowest BCUT2D eigenvalue weighted by molar-refractivity contribution is -0.00256. The van der Waals surface area contributed by atoms with Crippen LogP contribution in [0.1, 0.15) is 32.2 Å². The van der Waals surface area contributed by atoms with Gasteiger partial charge in [-0.2, -0.15) is 5.10 Å². The van der Waals surface area contributed by atoms with Crippen LogP contribution < -0.4 is 4.90 Å². The summed E-state index contributed by atoms with van der Waals surface area (Å²) in [5.41, 5.74) is 2.06. The number of nitrogens with zero attached hydrogens (tertiary/aromatic N) is 4. The maximum Gasteiger partial charge on any atom is 0.245 e. The molecule has 5 nitrogen and oxygen atoms in total. The van der Waals surface area contributed by atoms with Crippen LogP contribution in [-0.2, 0) is 17.6 Å². The first kappa shape index (κ1) is 14.7. The molecule has 2 rings (SSSR count). The van der Waals surface area contributed by atoms with Crippen molar-refractivity contribution in [2.24, 2.45) is 0 Å². The molecule has 106 valence electrons.